The molecular formula is C19H31F3IN5. The Morgan fingerprint density at radius 3 is 2.61 bits per heavy atom. The summed E-state index contributed by atoms with van der Waals surface area (Å²) in [7, 11) is 3.76. The van der Waals surface area contributed by atoms with Crippen molar-refractivity contribution in [2.24, 2.45) is 4.99 Å². The third-order valence-electron chi connectivity index (χ3n) is 4.65. The standard InChI is InChI=1S/C19H30F3N5.HI/c1-23-18(25-16-10-13-27(14-16)15-19(20,21)22)24-11-6-7-12-26(2)17-8-4-3-5-9-17;/h3-5,8-9,16H,6-7,10-15H2,1-2H3,(H2,23,24,25);1H. The average Bonchev–Trinajstić information content (AvgIpc) is 3.05. The van der Waals surface area contributed by atoms with Crippen molar-refractivity contribution in [3.63, 3.8) is 0 Å². The molecule has 9 heteroatoms. The molecule has 2 N–H and O–H groups in total. The number of likely N-dealkylation sites (tertiary alicyclic amines) is 1. The average molecular weight is 513 g/mol. The molecule has 0 bridgehead atoms. The summed E-state index contributed by atoms with van der Waals surface area (Å²) in [6, 6.07) is 10.3. The van der Waals surface area contributed by atoms with E-state index in [2.05, 4.69) is 39.7 Å². The minimum Gasteiger partial charge on any atom is -0.375 e. The highest BCUT2D eigenvalue weighted by Crippen LogP contribution is 2.19. The number of unbranched alkanes of at least 4 members (excludes halogenated alkanes) is 1. The topological polar surface area (TPSA) is 42.9 Å². The molecule has 5 nitrogen and oxygen atoms in total. The predicted octanol–water partition coefficient (Wildman–Crippen LogP) is 3.32. The lowest BCUT2D eigenvalue weighted by molar-refractivity contribution is -0.143. The Hall–Kier alpha value is -1.23. The van der Waals surface area contributed by atoms with Crippen LogP contribution in [-0.2, 0) is 0 Å². The molecule has 1 atom stereocenters. The largest absolute Gasteiger partial charge is 0.401 e. The summed E-state index contributed by atoms with van der Waals surface area (Å²) in [5.41, 5.74) is 1.20. The molecule has 28 heavy (non-hydrogen) atoms. The fraction of sp³-hybridized carbons (Fsp3) is 0.632. The number of aliphatic imine (C=N–C) groups is 1. The highest BCUT2D eigenvalue weighted by molar-refractivity contribution is 14.0. The van der Waals surface area contributed by atoms with Crippen molar-refractivity contribution in [2.45, 2.75) is 31.5 Å². The highest BCUT2D eigenvalue weighted by atomic mass is 127. The maximum Gasteiger partial charge on any atom is 0.401 e. The summed E-state index contributed by atoms with van der Waals surface area (Å²) in [5.74, 6) is 0.658. The van der Waals surface area contributed by atoms with E-state index in [4.69, 9.17) is 0 Å². The Bertz CT molecular complexity index is 583. The SMILES string of the molecule is CN=C(NCCCCN(C)c1ccccc1)NC1CCN(CC(F)(F)F)C1.I. The molecule has 1 heterocycles. The zero-order valence-electron chi connectivity index (χ0n) is 16.5. The second-order valence-electron chi connectivity index (χ2n) is 6.94. The summed E-state index contributed by atoms with van der Waals surface area (Å²) in [5, 5.41) is 6.48. The normalized spacial score (nSPS) is 17.9. The van der Waals surface area contributed by atoms with E-state index >= 15 is 0 Å². The van der Waals surface area contributed by atoms with Crippen LogP contribution in [0.2, 0.25) is 0 Å². The van der Waals surface area contributed by atoms with Crippen LogP contribution in [0.1, 0.15) is 19.3 Å². The zero-order valence-corrected chi connectivity index (χ0v) is 18.8. The highest BCUT2D eigenvalue weighted by Gasteiger charge is 2.34. The number of rotatable bonds is 8. The van der Waals surface area contributed by atoms with Gasteiger partial charge < -0.3 is 15.5 Å². The Kier molecular flexibility index (Phi) is 10.9. The van der Waals surface area contributed by atoms with Crippen LogP contribution in [0.4, 0.5) is 18.9 Å². The molecule has 0 saturated carbocycles. The molecule has 160 valence electrons. The van der Waals surface area contributed by atoms with E-state index < -0.39 is 12.7 Å². The minimum atomic E-state index is -4.14. The van der Waals surface area contributed by atoms with Gasteiger partial charge in [0.15, 0.2) is 5.96 Å². The second kappa shape index (κ2) is 12.4. The van der Waals surface area contributed by atoms with Crippen molar-refractivity contribution in [1.82, 2.24) is 15.5 Å². The maximum absolute atomic E-state index is 12.5. The van der Waals surface area contributed by atoms with Gasteiger partial charge in [-0.1, -0.05) is 18.2 Å². The van der Waals surface area contributed by atoms with Crippen molar-refractivity contribution in [2.75, 3.05) is 51.7 Å². The fourth-order valence-corrected chi connectivity index (χ4v) is 3.23. The first-order valence-electron chi connectivity index (χ1n) is 9.40. The fourth-order valence-electron chi connectivity index (χ4n) is 3.23. The van der Waals surface area contributed by atoms with Gasteiger partial charge in [0.1, 0.15) is 0 Å². The number of para-hydroxylation sites is 1. The minimum absolute atomic E-state index is 0. The third kappa shape index (κ3) is 9.31. The molecule has 1 saturated heterocycles. The molecule has 1 aliphatic heterocycles. The molecule has 1 aliphatic rings. The van der Waals surface area contributed by atoms with Crippen LogP contribution in [0.25, 0.3) is 0 Å². The lowest BCUT2D eigenvalue weighted by Gasteiger charge is -2.20. The first kappa shape index (κ1) is 24.8. The second-order valence-corrected chi connectivity index (χ2v) is 6.94. The molecule has 2 rings (SSSR count). The monoisotopic (exact) mass is 513 g/mol. The van der Waals surface area contributed by atoms with Crippen LogP contribution in [0.5, 0.6) is 0 Å². The number of halogens is 4. The van der Waals surface area contributed by atoms with E-state index in [0.29, 0.717) is 25.5 Å². The molecule has 1 aromatic carbocycles. The van der Waals surface area contributed by atoms with E-state index in [1.165, 1.54) is 10.6 Å². The molecule has 1 aromatic rings. The Labute approximate surface area is 182 Å². The van der Waals surface area contributed by atoms with Gasteiger partial charge >= 0.3 is 6.18 Å². The summed E-state index contributed by atoms with van der Waals surface area (Å²) in [4.78, 5) is 7.83. The van der Waals surface area contributed by atoms with Gasteiger partial charge in [0.2, 0.25) is 0 Å². The van der Waals surface area contributed by atoms with E-state index in [1.54, 1.807) is 7.05 Å². The van der Waals surface area contributed by atoms with E-state index in [-0.39, 0.29) is 30.0 Å². The summed E-state index contributed by atoms with van der Waals surface area (Å²) in [6.07, 6.45) is -1.42. The number of hydrogen-bond acceptors (Lipinski definition) is 3. The van der Waals surface area contributed by atoms with Gasteiger partial charge in [0, 0.05) is 52.0 Å². The molecule has 0 radical (unpaired) electrons. The lowest BCUT2D eigenvalue weighted by Crippen LogP contribution is -2.45. The van der Waals surface area contributed by atoms with Crippen LogP contribution in [-0.4, -0.2) is 69.9 Å². The smallest absolute Gasteiger partial charge is 0.375 e. The number of alkyl halides is 3. The van der Waals surface area contributed by atoms with Crippen molar-refractivity contribution >= 4 is 35.6 Å². The van der Waals surface area contributed by atoms with Gasteiger partial charge in [-0.15, -0.1) is 24.0 Å². The van der Waals surface area contributed by atoms with Crippen molar-refractivity contribution in [1.29, 1.82) is 0 Å². The first-order valence-corrected chi connectivity index (χ1v) is 9.40. The number of guanidine groups is 1. The number of nitrogens with zero attached hydrogens (tertiary/aromatic N) is 3. The summed E-state index contributed by atoms with van der Waals surface area (Å²) < 4.78 is 37.4. The van der Waals surface area contributed by atoms with Crippen LogP contribution in [0.15, 0.2) is 35.3 Å². The van der Waals surface area contributed by atoms with Crippen molar-refractivity contribution in [3.05, 3.63) is 30.3 Å². The molecule has 0 spiro atoms. The predicted molar refractivity (Wildman–Crippen MR) is 120 cm³/mol. The third-order valence-corrected chi connectivity index (χ3v) is 4.65. The first-order chi connectivity index (χ1) is 12.9. The number of anilines is 1. The Morgan fingerprint density at radius 1 is 1.25 bits per heavy atom. The summed E-state index contributed by atoms with van der Waals surface area (Å²) in [6.45, 7) is 1.75. The molecule has 1 fully saturated rings. The number of benzene rings is 1. The van der Waals surface area contributed by atoms with Crippen LogP contribution < -0.4 is 15.5 Å². The van der Waals surface area contributed by atoms with Gasteiger partial charge in [0.25, 0.3) is 0 Å². The van der Waals surface area contributed by atoms with Crippen molar-refractivity contribution in [3.8, 4) is 0 Å². The number of hydrogen-bond donors (Lipinski definition) is 2. The maximum atomic E-state index is 12.5. The molecule has 0 aromatic heterocycles. The Balaban J connectivity index is 0.00000392. The van der Waals surface area contributed by atoms with Gasteiger partial charge in [-0.2, -0.15) is 13.2 Å². The van der Waals surface area contributed by atoms with Gasteiger partial charge in [-0.3, -0.25) is 9.89 Å². The van der Waals surface area contributed by atoms with Crippen molar-refractivity contribution < 1.29 is 13.2 Å². The quantitative estimate of drug-likeness (QED) is 0.242. The van der Waals surface area contributed by atoms with Gasteiger partial charge in [-0.05, 0) is 31.4 Å². The van der Waals surface area contributed by atoms with Gasteiger partial charge in [0.05, 0.1) is 6.54 Å². The molecule has 0 amide bonds. The van der Waals surface area contributed by atoms with E-state index in [0.717, 1.165) is 25.9 Å². The summed E-state index contributed by atoms with van der Waals surface area (Å²) >= 11 is 0. The van der Waals surface area contributed by atoms with Crippen LogP contribution >= 0.6 is 24.0 Å². The van der Waals surface area contributed by atoms with E-state index in [1.807, 2.05) is 18.2 Å². The van der Waals surface area contributed by atoms with Crippen LogP contribution in [0.3, 0.4) is 0 Å². The molecular weight excluding hydrogens is 482 g/mol. The zero-order chi connectivity index (χ0) is 19.7. The molecule has 0 aliphatic carbocycles. The lowest BCUT2D eigenvalue weighted by atomic mass is 10.2. The molecule has 1 unspecified atom stereocenters. The number of nitrogens with one attached hydrogen (secondary N) is 2. The van der Waals surface area contributed by atoms with Gasteiger partial charge in [-0.25, -0.2) is 0 Å². The van der Waals surface area contributed by atoms with E-state index in [9.17, 15) is 13.2 Å². The Morgan fingerprint density at radius 2 is 1.96 bits per heavy atom. The van der Waals surface area contributed by atoms with Crippen LogP contribution in [0, 0.1) is 0 Å².